The first-order chi connectivity index (χ1) is 6.74. The van der Waals surface area contributed by atoms with Gasteiger partial charge in [0.25, 0.3) is 0 Å². The molecule has 2 heterocycles. The number of hydrogen-bond donors (Lipinski definition) is 1. The van der Waals surface area contributed by atoms with Crippen LogP contribution in [0.2, 0.25) is 5.02 Å². The molecule has 0 fully saturated rings. The van der Waals surface area contributed by atoms with Crippen LogP contribution in [0.5, 0.6) is 0 Å². The molecule has 0 aliphatic carbocycles. The molecule has 2 aromatic rings. The first-order valence-electron chi connectivity index (χ1n) is 3.98. The van der Waals surface area contributed by atoms with Crippen molar-refractivity contribution in [3.63, 3.8) is 0 Å². The van der Waals surface area contributed by atoms with Crippen molar-refractivity contribution in [2.75, 3.05) is 0 Å². The number of aliphatic hydroxyl groups excluding tert-OH is 1. The highest BCUT2D eigenvalue weighted by molar-refractivity contribution is 6.31. The van der Waals surface area contributed by atoms with Crippen LogP contribution in [0.25, 0.3) is 5.52 Å². The number of hydrogen-bond acceptors (Lipinski definition) is 2. The van der Waals surface area contributed by atoms with Gasteiger partial charge in [0.05, 0.1) is 28.8 Å². The normalized spacial score (nSPS) is 12.6. The van der Waals surface area contributed by atoms with E-state index >= 15 is 0 Å². The van der Waals surface area contributed by atoms with Crippen molar-refractivity contribution in [1.29, 1.82) is 0 Å². The summed E-state index contributed by atoms with van der Waals surface area (Å²) < 4.78 is 1.67. The zero-order valence-corrected chi connectivity index (χ0v) is 7.94. The molecular weight excluding hydrogens is 200 g/mol. The minimum absolute atomic E-state index is 0.431. The van der Waals surface area contributed by atoms with Gasteiger partial charge in [0.15, 0.2) is 6.10 Å². The Hall–Kier alpha value is -1.50. The third kappa shape index (κ3) is 1.25. The highest BCUT2D eigenvalue weighted by Gasteiger charge is 2.12. The molecule has 1 N–H and O–H groups in total. The standard InChI is InChI=1S/C10H7ClN2O/c1-2-9(14)10-8(11)4-3-7-5-12-6-13(7)10/h1,3-6,9,14H/t9-/m1/s1. The number of fused-ring (bicyclic) bond motifs is 1. The number of imidazole rings is 1. The SMILES string of the molecule is C#C[C@@H](O)c1c(Cl)ccc2cncn12. The Labute approximate surface area is 86.0 Å². The number of nitrogens with zero attached hydrogens (tertiary/aromatic N) is 2. The Kier molecular flexibility index (Phi) is 2.16. The lowest BCUT2D eigenvalue weighted by molar-refractivity contribution is 0.232. The molecule has 0 saturated carbocycles. The maximum Gasteiger partial charge on any atom is 0.156 e. The second-order valence-corrected chi connectivity index (χ2v) is 3.23. The van der Waals surface area contributed by atoms with Crippen LogP contribution in [0.15, 0.2) is 24.7 Å². The van der Waals surface area contributed by atoms with E-state index in [-0.39, 0.29) is 0 Å². The Bertz CT molecular complexity index is 512. The number of terminal acetylenes is 1. The maximum absolute atomic E-state index is 9.56. The fraction of sp³-hybridized carbons (Fsp3) is 0.100. The van der Waals surface area contributed by atoms with E-state index in [9.17, 15) is 5.11 Å². The maximum atomic E-state index is 9.56. The average molecular weight is 207 g/mol. The van der Waals surface area contributed by atoms with Crippen LogP contribution >= 0.6 is 11.6 Å². The monoisotopic (exact) mass is 206 g/mol. The van der Waals surface area contributed by atoms with Gasteiger partial charge in [-0.05, 0) is 12.1 Å². The lowest BCUT2D eigenvalue weighted by Crippen LogP contribution is -2.02. The van der Waals surface area contributed by atoms with Crippen LogP contribution in [0.3, 0.4) is 0 Å². The number of aromatic nitrogens is 2. The molecular formula is C10H7ClN2O. The Balaban J connectivity index is 2.78. The molecule has 14 heavy (non-hydrogen) atoms. The average Bonchev–Trinajstić information content (AvgIpc) is 2.64. The van der Waals surface area contributed by atoms with E-state index in [1.165, 1.54) is 0 Å². The zero-order chi connectivity index (χ0) is 10.1. The fourth-order valence-corrected chi connectivity index (χ4v) is 1.59. The van der Waals surface area contributed by atoms with Crippen LogP contribution < -0.4 is 0 Å². The predicted molar refractivity (Wildman–Crippen MR) is 54.0 cm³/mol. The summed E-state index contributed by atoms with van der Waals surface area (Å²) in [5, 5.41) is 9.99. The van der Waals surface area contributed by atoms with Gasteiger partial charge in [-0.25, -0.2) is 4.98 Å². The van der Waals surface area contributed by atoms with Crippen LogP contribution in [0.1, 0.15) is 11.8 Å². The van der Waals surface area contributed by atoms with Crippen molar-refractivity contribution >= 4 is 17.1 Å². The fourth-order valence-electron chi connectivity index (χ4n) is 1.33. The first kappa shape index (κ1) is 9.07. The van der Waals surface area contributed by atoms with Gasteiger partial charge < -0.3 is 5.11 Å². The molecule has 3 nitrogen and oxygen atoms in total. The molecule has 4 heteroatoms. The molecule has 0 aliphatic heterocycles. The van der Waals surface area contributed by atoms with Crippen LogP contribution in [-0.4, -0.2) is 14.5 Å². The van der Waals surface area contributed by atoms with Gasteiger partial charge in [0.2, 0.25) is 0 Å². The quantitative estimate of drug-likeness (QED) is 0.721. The number of rotatable bonds is 1. The molecule has 0 unspecified atom stereocenters. The number of pyridine rings is 1. The Morgan fingerprint density at radius 3 is 3.07 bits per heavy atom. The van der Waals surface area contributed by atoms with E-state index < -0.39 is 6.10 Å². The van der Waals surface area contributed by atoms with Gasteiger partial charge in [0.1, 0.15) is 0 Å². The van der Waals surface area contributed by atoms with Crippen molar-refractivity contribution in [3.8, 4) is 12.3 Å². The topological polar surface area (TPSA) is 37.5 Å². The van der Waals surface area contributed by atoms with Crippen LogP contribution in [0, 0.1) is 12.3 Å². The summed E-state index contributed by atoms with van der Waals surface area (Å²) in [6.45, 7) is 0. The molecule has 0 bridgehead atoms. The molecule has 0 radical (unpaired) electrons. The second kappa shape index (κ2) is 3.33. The van der Waals surface area contributed by atoms with E-state index in [4.69, 9.17) is 18.0 Å². The molecule has 0 aromatic carbocycles. The molecule has 1 atom stereocenters. The summed E-state index contributed by atoms with van der Waals surface area (Å²) in [5.74, 6) is 2.23. The van der Waals surface area contributed by atoms with Crippen molar-refractivity contribution in [1.82, 2.24) is 9.38 Å². The highest BCUT2D eigenvalue weighted by Crippen LogP contribution is 2.23. The molecule has 70 valence electrons. The van der Waals surface area contributed by atoms with E-state index in [0.717, 1.165) is 5.52 Å². The largest absolute Gasteiger partial charge is 0.374 e. The van der Waals surface area contributed by atoms with Crippen molar-refractivity contribution < 1.29 is 5.11 Å². The van der Waals surface area contributed by atoms with Crippen molar-refractivity contribution in [2.45, 2.75) is 6.10 Å². The summed E-state index contributed by atoms with van der Waals surface area (Å²) >= 11 is 5.93. The van der Waals surface area contributed by atoms with Gasteiger partial charge in [-0.15, -0.1) is 6.42 Å². The van der Waals surface area contributed by atoms with Gasteiger partial charge in [-0.2, -0.15) is 0 Å². The van der Waals surface area contributed by atoms with Crippen LogP contribution in [0.4, 0.5) is 0 Å². The first-order valence-corrected chi connectivity index (χ1v) is 4.36. The van der Waals surface area contributed by atoms with Gasteiger partial charge in [-0.3, -0.25) is 4.40 Å². The van der Waals surface area contributed by atoms with E-state index in [2.05, 4.69) is 10.9 Å². The van der Waals surface area contributed by atoms with Gasteiger partial charge in [-0.1, -0.05) is 17.5 Å². The number of aliphatic hydroxyl groups is 1. The molecule has 0 aliphatic rings. The highest BCUT2D eigenvalue weighted by atomic mass is 35.5. The predicted octanol–water partition coefficient (Wildman–Crippen LogP) is 1.65. The molecule has 0 spiro atoms. The third-order valence-electron chi connectivity index (χ3n) is 1.99. The van der Waals surface area contributed by atoms with Crippen molar-refractivity contribution in [2.24, 2.45) is 0 Å². The zero-order valence-electron chi connectivity index (χ0n) is 7.18. The summed E-state index contributed by atoms with van der Waals surface area (Å²) in [6.07, 6.45) is 7.36. The second-order valence-electron chi connectivity index (χ2n) is 2.82. The summed E-state index contributed by atoms with van der Waals surface area (Å²) in [6, 6.07) is 3.50. The van der Waals surface area contributed by atoms with Gasteiger partial charge >= 0.3 is 0 Å². The minimum atomic E-state index is -1.01. The third-order valence-corrected chi connectivity index (χ3v) is 2.31. The van der Waals surface area contributed by atoms with E-state index in [1.54, 1.807) is 23.0 Å². The summed E-state index contributed by atoms with van der Waals surface area (Å²) in [7, 11) is 0. The number of halogens is 1. The lowest BCUT2D eigenvalue weighted by Gasteiger charge is -2.09. The van der Waals surface area contributed by atoms with E-state index in [0.29, 0.717) is 10.7 Å². The summed E-state index contributed by atoms with van der Waals surface area (Å²) in [5.41, 5.74) is 1.32. The summed E-state index contributed by atoms with van der Waals surface area (Å²) in [4.78, 5) is 3.94. The molecule has 0 amide bonds. The van der Waals surface area contributed by atoms with Crippen molar-refractivity contribution in [3.05, 3.63) is 35.4 Å². The van der Waals surface area contributed by atoms with Crippen LogP contribution in [-0.2, 0) is 0 Å². The Morgan fingerprint density at radius 2 is 2.36 bits per heavy atom. The minimum Gasteiger partial charge on any atom is -0.374 e. The molecule has 0 saturated heterocycles. The Morgan fingerprint density at radius 1 is 1.57 bits per heavy atom. The van der Waals surface area contributed by atoms with Gasteiger partial charge in [0, 0.05) is 0 Å². The smallest absolute Gasteiger partial charge is 0.156 e. The van der Waals surface area contributed by atoms with E-state index in [1.807, 2.05) is 6.07 Å². The molecule has 2 aromatic heterocycles. The lowest BCUT2D eigenvalue weighted by atomic mass is 10.2. The molecule has 2 rings (SSSR count).